The van der Waals surface area contributed by atoms with Gasteiger partial charge in [-0.15, -0.1) is 0 Å². The van der Waals surface area contributed by atoms with Gasteiger partial charge in [-0.2, -0.15) is 5.10 Å². The summed E-state index contributed by atoms with van der Waals surface area (Å²) < 4.78 is 1.94. The highest BCUT2D eigenvalue weighted by Gasteiger charge is 2.06. The number of Topliss-reactive ketones (excluding diaryl/α,β-unsaturated/α-hetero) is 1. The van der Waals surface area contributed by atoms with E-state index in [0.29, 0.717) is 12.3 Å². The first-order chi connectivity index (χ1) is 7.09. The number of nitrogens with zero attached hydrogens (tertiary/aromatic N) is 3. The zero-order chi connectivity index (χ0) is 11.3. The van der Waals surface area contributed by atoms with E-state index in [4.69, 9.17) is 0 Å². The summed E-state index contributed by atoms with van der Waals surface area (Å²) in [5.74, 6) is 1.80. The van der Waals surface area contributed by atoms with Gasteiger partial charge in [-0.3, -0.25) is 0 Å². The lowest BCUT2D eigenvalue weighted by molar-refractivity contribution is -0.117. The van der Waals surface area contributed by atoms with E-state index in [0.717, 1.165) is 25.2 Å². The molecule has 4 heteroatoms. The Kier molecular flexibility index (Phi) is 4.46. The second-order valence-electron chi connectivity index (χ2n) is 4.31. The van der Waals surface area contributed by atoms with Crippen molar-refractivity contribution in [3.05, 3.63) is 12.2 Å². The van der Waals surface area contributed by atoms with E-state index in [1.807, 2.05) is 4.68 Å². The van der Waals surface area contributed by atoms with Gasteiger partial charge in [-0.25, -0.2) is 9.67 Å². The molecule has 0 aliphatic heterocycles. The average Bonchev–Trinajstić information content (AvgIpc) is 2.51. The molecule has 1 rings (SSSR count). The Morgan fingerprint density at radius 2 is 2.27 bits per heavy atom. The first-order valence-corrected chi connectivity index (χ1v) is 5.45. The molecule has 84 valence electrons. The van der Waals surface area contributed by atoms with E-state index >= 15 is 0 Å². The maximum Gasteiger partial charge on any atom is 0.138 e. The smallest absolute Gasteiger partial charge is 0.138 e. The lowest BCUT2D eigenvalue weighted by atomic mass is 10.2. The highest BCUT2D eigenvalue weighted by molar-refractivity contribution is 5.75. The summed E-state index contributed by atoms with van der Waals surface area (Å²) in [6.45, 7) is 6.83. The number of hydrogen-bond acceptors (Lipinski definition) is 3. The monoisotopic (exact) mass is 209 g/mol. The first-order valence-electron chi connectivity index (χ1n) is 5.45. The van der Waals surface area contributed by atoms with Crippen LogP contribution in [0.15, 0.2) is 6.33 Å². The van der Waals surface area contributed by atoms with Crippen LogP contribution in [0.1, 0.15) is 39.4 Å². The van der Waals surface area contributed by atoms with Crippen LogP contribution in [-0.2, 0) is 17.8 Å². The minimum Gasteiger partial charge on any atom is -0.300 e. The Hall–Kier alpha value is -1.19. The van der Waals surface area contributed by atoms with Crippen LogP contribution in [0, 0.1) is 5.92 Å². The van der Waals surface area contributed by atoms with Crippen molar-refractivity contribution in [2.45, 2.75) is 46.6 Å². The van der Waals surface area contributed by atoms with E-state index in [1.54, 1.807) is 13.3 Å². The minimum atomic E-state index is 0.241. The average molecular weight is 209 g/mol. The Balaban J connectivity index is 2.46. The molecule has 0 N–H and O–H groups in total. The van der Waals surface area contributed by atoms with Crippen LogP contribution in [0.25, 0.3) is 0 Å². The van der Waals surface area contributed by atoms with Gasteiger partial charge in [-0.05, 0) is 19.3 Å². The zero-order valence-electron chi connectivity index (χ0n) is 9.73. The van der Waals surface area contributed by atoms with Gasteiger partial charge in [0.1, 0.15) is 17.9 Å². The summed E-state index contributed by atoms with van der Waals surface area (Å²) in [6, 6.07) is 0. The van der Waals surface area contributed by atoms with Gasteiger partial charge in [0.05, 0.1) is 0 Å². The third-order valence-electron chi connectivity index (χ3n) is 2.16. The summed E-state index contributed by atoms with van der Waals surface area (Å²) in [6.07, 6.45) is 3.93. The summed E-state index contributed by atoms with van der Waals surface area (Å²) in [7, 11) is 0. The van der Waals surface area contributed by atoms with Crippen molar-refractivity contribution in [1.82, 2.24) is 14.8 Å². The van der Waals surface area contributed by atoms with Crippen LogP contribution in [0.5, 0.6) is 0 Å². The van der Waals surface area contributed by atoms with Crippen LogP contribution in [0.4, 0.5) is 0 Å². The molecule has 0 spiro atoms. The molecule has 0 fully saturated rings. The van der Waals surface area contributed by atoms with Crippen LogP contribution in [-0.4, -0.2) is 20.5 Å². The van der Waals surface area contributed by atoms with E-state index < -0.39 is 0 Å². The Morgan fingerprint density at radius 1 is 1.53 bits per heavy atom. The zero-order valence-corrected chi connectivity index (χ0v) is 9.73. The number of carbonyl (C=O) groups excluding carboxylic acids is 1. The molecule has 1 heterocycles. The van der Waals surface area contributed by atoms with Crippen LogP contribution in [0.3, 0.4) is 0 Å². The third-order valence-corrected chi connectivity index (χ3v) is 2.16. The van der Waals surface area contributed by atoms with Gasteiger partial charge in [0, 0.05) is 19.4 Å². The third kappa shape index (κ3) is 4.23. The highest BCUT2D eigenvalue weighted by Crippen LogP contribution is 2.05. The second-order valence-corrected chi connectivity index (χ2v) is 4.31. The maximum atomic E-state index is 10.8. The normalized spacial score (nSPS) is 10.9. The van der Waals surface area contributed by atoms with Crippen molar-refractivity contribution < 1.29 is 4.79 Å². The molecule has 0 saturated heterocycles. The Morgan fingerprint density at radius 3 is 2.87 bits per heavy atom. The van der Waals surface area contributed by atoms with Crippen LogP contribution in [0.2, 0.25) is 0 Å². The van der Waals surface area contributed by atoms with Crippen LogP contribution < -0.4 is 0 Å². The molecule has 1 aromatic heterocycles. The molecule has 0 bridgehead atoms. The fourth-order valence-corrected chi connectivity index (χ4v) is 1.48. The van der Waals surface area contributed by atoms with Gasteiger partial charge < -0.3 is 4.79 Å². The first kappa shape index (κ1) is 11.9. The maximum absolute atomic E-state index is 10.8. The fraction of sp³-hybridized carbons (Fsp3) is 0.727. The Bertz CT molecular complexity index is 317. The summed E-state index contributed by atoms with van der Waals surface area (Å²) in [5.41, 5.74) is 0. The molecule has 0 atom stereocenters. The predicted octanol–water partition coefficient (Wildman–Crippen LogP) is 1.85. The van der Waals surface area contributed by atoms with E-state index in [2.05, 4.69) is 23.9 Å². The van der Waals surface area contributed by atoms with Gasteiger partial charge in [0.2, 0.25) is 0 Å². The Labute approximate surface area is 90.7 Å². The van der Waals surface area contributed by atoms with E-state index in [9.17, 15) is 4.79 Å². The van der Waals surface area contributed by atoms with Crippen molar-refractivity contribution in [2.24, 2.45) is 5.92 Å². The molecule has 0 radical (unpaired) electrons. The summed E-state index contributed by atoms with van der Waals surface area (Å²) in [5, 5.41) is 4.17. The molecule has 4 nitrogen and oxygen atoms in total. The quantitative estimate of drug-likeness (QED) is 0.718. The highest BCUT2D eigenvalue weighted by atomic mass is 16.1. The lowest BCUT2D eigenvalue weighted by Crippen LogP contribution is -2.10. The molecule has 0 aliphatic carbocycles. The molecule has 0 amide bonds. The van der Waals surface area contributed by atoms with Crippen molar-refractivity contribution in [3.8, 4) is 0 Å². The number of ketones is 1. The van der Waals surface area contributed by atoms with Gasteiger partial charge >= 0.3 is 0 Å². The standard InChI is InChI=1S/C11H19N3O/c1-9(2)7-14-11(12-8-13-14)6-4-5-10(3)15/h8-9H,4-7H2,1-3H3. The molecule has 0 aromatic carbocycles. The largest absolute Gasteiger partial charge is 0.300 e. The summed E-state index contributed by atoms with van der Waals surface area (Å²) >= 11 is 0. The molecule has 0 unspecified atom stereocenters. The lowest BCUT2D eigenvalue weighted by Gasteiger charge is -2.07. The van der Waals surface area contributed by atoms with Crippen molar-refractivity contribution in [3.63, 3.8) is 0 Å². The van der Waals surface area contributed by atoms with Gasteiger partial charge in [0.15, 0.2) is 0 Å². The summed E-state index contributed by atoms with van der Waals surface area (Å²) in [4.78, 5) is 15.0. The van der Waals surface area contributed by atoms with E-state index in [-0.39, 0.29) is 5.78 Å². The molecule has 0 aliphatic rings. The predicted molar refractivity (Wildman–Crippen MR) is 58.5 cm³/mol. The van der Waals surface area contributed by atoms with Crippen LogP contribution >= 0.6 is 0 Å². The molecule has 0 saturated carbocycles. The van der Waals surface area contributed by atoms with Crippen molar-refractivity contribution in [1.29, 1.82) is 0 Å². The topological polar surface area (TPSA) is 47.8 Å². The van der Waals surface area contributed by atoms with Gasteiger partial charge in [0.25, 0.3) is 0 Å². The molecule has 1 aromatic rings. The number of carbonyl (C=O) groups is 1. The molecular weight excluding hydrogens is 190 g/mol. The van der Waals surface area contributed by atoms with Gasteiger partial charge in [-0.1, -0.05) is 13.8 Å². The number of rotatable bonds is 6. The molecular formula is C11H19N3O. The van der Waals surface area contributed by atoms with Crippen molar-refractivity contribution >= 4 is 5.78 Å². The fourth-order valence-electron chi connectivity index (χ4n) is 1.48. The van der Waals surface area contributed by atoms with E-state index in [1.165, 1.54) is 0 Å². The molecule has 15 heavy (non-hydrogen) atoms. The number of aryl methyl sites for hydroxylation is 1. The number of hydrogen-bond donors (Lipinski definition) is 0. The SMILES string of the molecule is CC(=O)CCCc1ncnn1CC(C)C. The number of aromatic nitrogens is 3. The second kappa shape index (κ2) is 5.63. The minimum absolute atomic E-state index is 0.241. The van der Waals surface area contributed by atoms with Crippen molar-refractivity contribution in [2.75, 3.05) is 0 Å².